The number of rotatable bonds is 6. The number of ether oxygens (including phenoxy) is 1. The van der Waals surface area contributed by atoms with Gasteiger partial charge in [0.2, 0.25) is 5.95 Å². The zero-order chi connectivity index (χ0) is 23.5. The summed E-state index contributed by atoms with van der Waals surface area (Å²) in [5, 5.41) is 9.13. The van der Waals surface area contributed by atoms with Crippen LogP contribution in [0, 0.1) is 11.3 Å². The molecule has 1 fully saturated rings. The van der Waals surface area contributed by atoms with Crippen LogP contribution >= 0.6 is 11.3 Å². The van der Waals surface area contributed by atoms with Crippen molar-refractivity contribution < 1.29 is 4.74 Å². The number of nitriles is 1. The second-order valence-electron chi connectivity index (χ2n) is 8.14. The third-order valence-electron chi connectivity index (χ3n) is 5.78. The van der Waals surface area contributed by atoms with Gasteiger partial charge in [-0.3, -0.25) is 0 Å². The molecule has 1 saturated heterocycles. The molecule has 0 unspecified atom stereocenters. The molecule has 0 spiro atoms. The fourth-order valence-corrected chi connectivity index (χ4v) is 5.09. The van der Waals surface area contributed by atoms with Crippen molar-refractivity contribution >= 4 is 33.3 Å². The summed E-state index contributed by atoms with van der Waals surface area (Å²) in [4.78, 5) is 24.5. The topological polar surface area (TPSA) is 91.1 Å². The lowest BCUT2D eigenvalue weighted by Gasteiger charge is -2.28. The molecule has 0 atom stereocenters. The summed E-state index contributed by atoms with van der Waals surface area (Å²) in [5.41, 5.74) is 3.46. The highest BCUT2D eigenvalue weighted by Gasteiger charge is 2.21. The summed E-state index contributed by atoms with van der Waals surface area (Å²) in [6.45, 7) is 5.74. The minimum absolute atomic E-state index is 0.619. The van der Waals surface area contributed by atoms with Crippen LogP contribution in [-0.4, -0.2) is 53.3 Å². The van der Waals surface area contributed by atoms with E-state index in [0.717, 1.165) is 52.8 Å². The minimum Gasteiger partial charge on any atom is -0.378 e. The van der Waals surface area contributed by atoms with E-state index in [1.54, 1.807) is 23.5 Å². The Hall–Kier alpha value is -3.61. The fourth-order valence-electron chi connectivity index (χ4n) is 3.92. The molecule has 4 aromatic rings. The zero-order valence-corrected chi connectivity index (χ0v) is 20.0. The number of morpholine rings is 1. The van der Waals surface area contributed by atoms with E-state index in [4.69, 9.17) is 20.0 Å². The number of benzene rings is 1. The maximum absolute atomic E-state index is 9.13. The van der Waals surface area contributed by atoms with E-state index in [0.29, 0.717) is 31.1 Å². The average molecular weight is 472 g/mol. The third-order valence-corrected chi connectivity index (χ3v) is 6.89. The molecule has 5 rings (SSSR count). The molecule has 9 heteroatoms. The molecule has 3 aromatic heterocycles. The van der Waals surface area contributed by atoms with Gasteiger partial charge >= 0.3 is 0 Å². The zero-order valence-electron chi connectivity index (χ0n) is 19.2. The van der Waals surface area contributed by atoms with Crippen molar-refractivity contribution in [3.05, 3.63) is 58.7 Å². The molecule has 1 aliphatic rings. The molecular weight excluding hydrogens is 446 g/mol. The van der Waals surface area contributed by atoms with Crippen molar-refractivity contribution in [3.8, 4) is 17.5 Å². The first kappa shape index (κ1) is 22.2. The summed E-state index contributed by atoms with van der Waals surface area (Å²) in [7, 11) is 2.01. The maximum Gasteiger partial charge on any atom is 0.225 e. The van der Waals surface area contributed by atoms with Gasteiger partial charge in [0, 0.05) is 42.5 Å². The Morgan fingerprint density at radius 3 is 2.65 bits per heavy atom. The lowest BCUT2D eigenvalue weighted by molar-refractivity contribution is 0.122. The van der Waals surface area contributed by atoms with E-state index in [9.17, 15) is 0 Å². The molecular formula is C25H25N7OS. The van der Waals surface area contributed by atoms with Gasteiger partial charge in [-0.15, -0.1) is 11.3 Å². The second kappa shape index (κ2) is 9.71. The van der Waals surface area contributed by atoms with Gasteiger partial charge in [0.25, 0.3) is 0 Å². The number of aryl methyl sites for hydroxylation is 1. The number of hydrogen-bond acceptors (Lipinski definition) is 9. The summed E-state index contributed by atoms with van der Waals surface area (Å²) in [6, 6.07) is 13.7. The average Bonchev–Trinajstić information content (AvgIpc) is 3.31. The van der Waals surface area contributed by atoms with Gasteiger partial charge in [-0.1, -0.05) is 6.92 Å². The highest BCUT2D eigenvalue weighted by molar-refractivity contribution is 7.19. The number of anilines is 2. The van der Waals surface area contributed by atoms with Gasteiger partial charge in [0.1, 0.15) is 0 Å². The highest BCUT2D eigenvalue weighted by Crippen LogP contribution is 2.35. The predicted octanol–water partition coefficient (Wildman–Crippen LogP) is 4.06. The van der Waals surface area contributed by atoms with Crippen LogP contribution in [0.5, 0.6) is 0 Å². The first-order valence-electron chi connectivity index (χ1n) is 11.3. The van der Waals surface area contributed by atoms with Crippen LogP contribution < -0.4 is 9.80 Å². The van der Waals surface area contributed by atoms with Gasteiger partial charge in [0.15, 0.2) is 11.6 Å². The number of nitrogens with zero attached hydrogens (tertiary/aromatic N) is 7. The second-order valence-corrected chi connectivity index (χ2v) is 9.28. The standard InChI is InChI=1S/C25H25N7OS/c1-3-19-8-9-27-25(28-19)31(2)16-20-14-21-22(34-20)24(32-10-12-33-13-11-32)30-23(29-21)18-6-4-17(15-26)5-7-18/h4-9,14H,3,10-13,16H2,1-2H3. The van der Waals surface area contributed by atoms with Gasteiger partial charge in [0.05, 0.1) is 41.6 Å². The number of fused-ring (bicyclic) bond motifs is 1. The number of aromatic nitrogens is 4. The Balaban J connectivity index is 1.52. The van der Waals surface area contributed by atoms with Crippen molar-refractivity contribution in [1.29, 1.82) is 5.26 Å². The minimum atomic E-state index is 0.619. The van der Waals surface area contributed by atoms with Gasteiger partial charge in [-0.05, 0) is 42.8 Å². The van der Waals surface area contributed by atoms with Crippen molar-refractivity contribution in [2.24, 2.45) is 0 Å². The van der Waals surface area contributed by atoms with Crippen molar-refractivity contribution in [3.63, 3.8) is 0 Å². The Morgan fingerprint density at radius 1 is 1.12 bits per heavy atom. The van der Waals surface area contributed by atoms with Crippen LogP contribution in [0.15, 0.2) is 42.6 Å². The predicted molar refractivity (Wildman–Crippen MR) is 134 cm³/mol. The monoisotopic (exact) mass is 471 g/mol. The summed E-state index contributed by atoms with van der Waals surface area (Å²) in [6.07, 6.45) is 2.69. The van der Waals surface area contributed by atoms with Crippen molar-refractivity contribution in [1.82, 2.24) is 19.9 Å². The lowest BCUT2D eigenvalue weighted by atomic mass is 10.1. The summed E-state index contributed by atoms with van der Waals surface area (Å²) in [5.74, 6) is 2.32. The maximum atomic E-state index is 9.13. The van der Waals surface area contributed by atoms with Crippen LogP contribution in [0.25, 0.3) is 21.6 Å². The van der Waals surface area contributed by atoms with Crippen LogP contribution in [0.1, 0.15) is 23.1 Å². The van der Waals surface area contributed by atoms with E-state index in [1.165, 1.54) is 4.88 Å². The number of hydrogen-bond donors (Lipinski definition) is 0. The quantitative estimate of drug-likeness (QED) is 0.416. The van der Waals surface area contributed by atoms with Gasteiger partial charge in [-0.2, -0.15) is 5.26 Å². The Morgan fingerprint density at radius 2 is 1.91 bits per heavy atom. The van der Waals surface area contributed by atoms with E-state index >= 15 is 0 Å². The SMILES string of the molecule is CCc1ccnc(N(C)Cc2cc3nc(-c4ccc(C#N)cc4)nc(N4CCOCC4)c3s2)n1. The Kier molecular flexibility index (Phi) is 6.34. The largest absolute Gasteiger partial charge is 0.378 e. The lowest BCUT2D eigenvalue weighted by Crippen LogP contribution is -2.36. The molecule has 0 aliphatic carbocycles. The molecule has 4 heterocycles. The Bertz CT molecular complexity index is 1340. The molecule has 0 N–H and O–H groups in total. The molecule has 0 bridgehead atoms. The number of thiophene rings is 1. The van der Waals surface area contributed by atoms with E-state index in [-0.39, 0.29) is 0 Å². The highest BCUT2D eigenvalue weighted by atomic mass is 32.1. The molecule has 8 nitrogen and oxygen atoms in total. The smallest absolute Gasteiger partial charge is 0.225 e. The van der Waals surface area contributed by atoms with Gasteiger partial charge < -0.3 is 14.5 Å². The van der Waals surface area contributed by atoms with Crippen LogP contribution in [-0.2, 0) is 17.7 Å². The molecule has 34 heavy (non-hydrogen) atoms. The molecule has 1 aliphatic heterocycles. The summed E-state index contributed by atoms with van der Waals surface area (Å²) >= 11 is 1.71. The third kappa shape index (κ3) is 4.55. The normalized spacial score (nSPS) is 13.7. The van der Waals surface area contributed by atoms with Crippen LogP contribution in [0.4, 0.5) is 11.8 Å². The molecule has 0 amide bonds. The van der Waals surface area contributed by atoms with Gasteiger partial charge in [-0.25, -0.2) is 19.9 Å². The molecule has 1 aromatic carbocycles. The van der Waals surface area contributed by atoms with E-state index < -0.39 is 0 Å². The van der Waals surface area contributed by atoms with E-state index in [2.05, 4.69) is 38.8 Å². The van der Waals surface area contributed by atoms with E-state index in [1.807, 2.05) is 31.4 Å². The molecule has 0 saturated carbocycles. The van der Waals surface area contributed by atoms with Crippen molar-refractivity contribution in [2.45, 2.75) is 19.9 Å². The first-order chi connectivity index (χ1) is 16.6. The Labute approximate surface area is 202 Å². The van der Waals surface area contributed by atoms with Crippen LogP contribution in [0.3, 0.4) is 0 Å². The first-order valence-corrected chi connectivity index (χ1v) is 12.1. The van der Waals surface area contributed by atoms with Crippen LogP contribution in [0.2, 0.25) is 0 Å². The van der Waals surface area contributed by atoms with Crippen molar-refractivity contribution in [2.75, 3.05) is 43.2 Å². The molecule has 172 valence electrons. The fraction of sp³-hybridized carbons (Fsp3) is 0.320. The summed E-state index contributed by atoms with van der Waals surface area (Å²) < 4.78 is 6.64. The molecule has 0 radical (unpaired) electrons.